The highest BCUT2D eigenvalue weighted by atomic mass is 32.2. The van der Waals surface area contributed by atoms with Crippen LogP contribution in [0.15, 0.2) is 60.0 Å². The molecule has 0 radical (unpaired) electrons. The smallest absolute Gasteiger partial charge is 0.266 e. The van der Waals surface area contributed by atoms with Gasteiger partial charge in [0.05, 0.1) is 25.2 Å². The second-order valence-electron chi connectivity index (χ2n) is 7.07. The van der Waals surface area contributed by atoms with Gasteiger partial charge in [-0.15, -0.1) is 6.58 Å². The van der Waals surface area contributed by atoms with E-state index in [4.69, 9.17) is 31.2 Å². The summed E-state index contributed by atoms with van der Waals surface area (Å²) in [4.78, 5) is 14.6. The number of methoxy groups -OCH3 is 1. The number of hydrogen-bond donors (Lipinski definition) is 0. The van der Waals surface area contributed by atoms with E-state index in [0.717, 1.165) is 16.9 Å². The van der Waals surface area contributed by atoms with Gasteiger partial charge in [-0.3, -0.25) is 9.69 Å². The van der Waals surface area contributed by atoms with E-state index in [1.165, 1.54) is 16.7 Å². The molecule has 1 saturated heterocycles. The van der Waals surface area contributed by atoms with Crippen molar-refractivity contribution in [2.45, 2.75) is 6.92 Å². The first-order chi connectivity index (χ1) is 16.0. The fraction of sp³-hybridized carbons (Fsp3) is 0.280. The number of rotatable bonds is 12. The van der Waals surface area contributed by atoms with Crippen molar-refractivity contribution in [2.24, 2.45) is 0 Å². The van der Waals surface area contributed by atoms with E-state index < -0.39 is 0 Å². The second-order valence-corrected chi connectivity index (χ2v) is 8.74. The molecule has 1 fully saturated rings. The average molecular weight is 486 g/mol. The molecular formula is C25H27NO5S2. The standard InChI is InChI=1S/C25H27NO5S2/c1-4-11-26-24(27)23(33-25(26)32)17-19-9-10-21(22(16-19)28-3)31-15-13-29-12-14-30-20-8-6-5-7-18(20)2/h4-10,16-17H,1,11-15H2,2-3H3/b23-17+. The average Bonchev–Trinajstić information content (AvgIpc) is 3.07. The van der Waals surface area contributed by atoms with Gasteiger partial charge in [0, 0.05) is 6.54 Å². The lowest BCUT2D eigenvalue weighted by Crippen LogP contribution is -2.27. The van der Waals surface area contributed by atoms with Crippen LogP contribution in [0, 0.1) is 6.92 Å². The molecule has 1 aliphatic rings. The van der Waals surface area contributed by atoms with Crippen molar-refractivity contribution in [3.05, 3.63) is 71.2 Å². The highest BCUT2D eigenvalue weighted by Gasteiger charge is 2.31. The van der Waals surface area contributed by atoms with Crippen LogP contribution in [-0.4, -0.2) is 55.2 Å². The van der Waals surface area contributed by atoms with Gasteiger partial charge < -0.3 is 18.9 Å². The molecule has 1 heterocycles. The SMILES string of the molecule is C=CCN1C(=O)/C(=C\c2ccc(OCCOCCOc3ccccc3C)c(OC)c2)SC1=S. The Morgan fingerprint density at radius 2 is 1.76 bits per heavy atom. The van der Waals surface area contributed by atoms with Crippen LogP contribution in [-0.2, 0) is 9.53 Å². The summed E-state index contributed by atoms with van der Waals surface area (Å²) in [5.74, 6) is 1.93. The number of carbonyl (C=O) groups excluding carboxylic acids is 1. The summed E-state index contributed by atoms with van der Waals surface area (Å²) in [6, 6.07) is 13.4. The number of amides is 1. The molecule has 8 heteroatoms. The molecule has 2 aromatic rings. The lowest BCUT2D eigenvalue weighted by Gasteiger charge is -2.12. The van der Waals surface area contributed by atoms with Gasteiger partial charge in [0.25, 0.3) is 5.91 Å². The summed E-state index contributed by atoms with van der Waals surface area (Å²) in [5, 5.41) is 0. The summed E-state index contributed by atoms with van der Waals surface area (Å²) >= 11 is 6.56. The first-order valence-electron chi connectivity index (χ1n) is 10.5. The molecular weight excluding hydrogens is 458 g/mol. The fourth-order valence-corrected chi connectivity index (χ4v) is 4.35. The zero-order valence-electron chi connectivity index (χ0n) is 18.7. The maximum atomic E-state index is 12.5. The van der Waals surface area contributed by atoms with Crippen molar-refractivity contribution >= 4 is 40.3 Å². The maximum absolute atomic E-state index is 12.5. The number of carbonyl (C=O) groups is 1. The third-order valence-electron chi connectivity index (χ3n) is 4.73. The molecule has 1 aliphatic heterocycles. The number of thiocarbonyl (C=S) groups is 1. The normalized spacial score (nSPS) is 14.6. The van der Waals surface area contributed by atoms with Gasteiger partial charge in [0.15, 0.2) is 11.5 Å². The highest BCUT2D eigenvalue weighted by molar-refractivity contribution is 8.26. The second kappa shape index (κ2) is 12.4. The zero-order valence-corrected chi connectivity index (χ0v) is 20.4. The van der Waals surface area contributed by atoms with Crippen LogP contribution in [0.1, 0.15) is 11.1 Å². The monoisotopic (exact) mass is 485 g/mol. The molecule has 33 heavy (non-hydrogen) atoms. The molecule has 1 amide bonds. The molecule has 0 unspecified atom stereocenters. The third kappa shape index (κ3) is 6.83. The highest BCUT2D eigenvalue weighted by Crippen LogP contribution is 2.34. The number of hydrogen-bond acceptors (Lipinski definition) is 7. The van der Waals surface area contributed by atoms with Crippen LogP contribution in [0.4, 0.5) is 0 Å². The van der Waals surface area contributed by atoms with Crippen molar-refractivity contribution < 1.29 is 23.7 Å². The Hall–Kier alpha value is -2.81. The van der Waals surface area contributed by atoms with Crippen molar-refractivity contribution in [3.8, 4) is 17.2 Å². The molecule has 3 rings (SSSR count). The van der Waals surface area contributed by atoms with Gasteiger partial charge in [0.1, 0.15) is 23.3 Å². The first-order valence-corrected chi connectivity index (χ1v) is 11.7. The Kier molecular flexibility index (Phi) is 9.35. The number of thioether (sulfide) groups is 1. The molecule has 6 nitrogen and oxygen atoms in total. The molecule has 0 saturated carbocycles. The van der Waals surface area contributed by atoms with Crippen LogP contribution in [0.5, 0.6) is 17.2 Å². The number of aryl methyl sites for hydroxylation is 1. The summed E-state index contributed by atoms with van der Waals surface area (Å²) in [6.07, 6.45) is 3.45. The van der Waals surface area contributed by atoms with Gasteiger partial charge in [-0.05, 0) is 42.3 Å². The van der Waals surface area contributed by atoms with E-state index in [2.05, 4.69) is 6.58 Å². The molecule has 0 aromatic heterocycles. The predicted octanol–water partition coefficient (Wildman–Crippen LogP) is 4.87. The molecule has 0 aliphatic carbocycles. The van der Waals surface area contributed by atoms with Gasteiger partial charge in [-0.25, -0.2) is 0 Å². The summed E-state index contributed by atoms with van der Waals surface area (Å²) in [7, 11) is 1.58. The van der Waals surface area contributed by atoms with E-state index in [1.54, 1.807) is 19.3 Å². The van der Waals surface area contributed by atoms with Gasteiger partial charge >= 0.3 is 0 Å². The van der Waals surface area contributed by atoms with E-state index in [9.17, 15) is 4.79 Å². The van der Waals surface area contributed by atoms with Crippen molar-refractivity contribution in [2.75, 3.05) is 40.1 Å². The molecule has 2 aromatic carbocycles. The Morgan fingerprint density at radius 1 is 1.03 bits per heavy atom. The quantitative estimate of drug-likeness (QED) is 0.184. The van der Waals surface area contributed by atoms with Crippen molar-refractivity contribution in [1.29, 1.82) is 0 Å². The molecule has 174 valence electrons. The van der Waals surface area contributed by atoms with E-state index in [1.807, 2.05) is 49.4 Å². The van der Waals surface area contributed by atoms with Crippen LogP contribution in [0.2, 0.25) is 0 Å². The summed E-state index contributed by atoms with van der Waals surface area (Å²) < 4.78 is 23.1. The molecule has 0 spiro atoms. The van der Waals surface area contributed by atoms with Crippen LogP contribution in [0.3, 0.4) is 0 Å². The Bertz CT molecular complexity index is 1040. The minimum atomic E-state index is -0.118. The largest absolute Gasteiger partial charge is 0.493 e. The minimum absolute atomic E-state index is 0.118. The van der Waals surface area contributed by atoms with Gasteiger partial charge in [-0.2, -0.15) is 0 Å². The van der Waals surface area contributed by atoms with E-state index in [0.29, 0.717) is 53.7 Å². The third-order valence-corrected chi connectivity index (χ3v) is 6.11. The van der Waals surface area contributed by atoms with Gasteiger partial charge in [0.2, 0.25) is 0 Å². The summed E-state index contributed by atoms with van der Waals surface area (Å²) in [5.41, 5.74) is 1.92. The first kappa shape index (κ1) is 24.8. The lowest BCUT2D eigenvalue weighted by atomic mass is 10.2. The maximum Gasteiger partial charge on any atom is 0.266 e. The van der Waals surface area contributed by atoms with E-state index in [-0.39, 0.29) is 5.91 Å². The molecule has 0 bridgehead atoms. The number of nitrogens with zero attached hydrogens (tertiary/aromatic N) is 1. The predicted molar refractivity (Wildman–Crippen MR) is 136 cm³/mol. The van der Waals surface area contributed by atoms with Crippen molar-refractivity contribution in [3.63, 3.8) is 0 Å². The minimum Gasteiger partial charge on any atom is -0.493 e. The van der Waals surface area contributed by atoms with Gasteiger partial charge in [-0.1, -0.05) is 54.3 Å². The lowest BCUT2D eigenvalue weighted by molar-refractivity contribution is -0.121. The van der Waals surface area contributed by atoms with Crippen LogP contribution >= 0.6 is 24.0 Å². The van der Waals surface area contributed by atoms with E-state index >= 15 is 0 Å². The van der Waals surface area contributed by atoms with Crippen molar-refractivity contribution in [1.82, 2.24) is 4.90 Å². The zero-order chi connectivity index (χ0) is 23.6. The topological polar surface area (TPSA) is 57.2 Å². The number of ether oxygens (including phenoxy) is 4. The molecule has 0 atom stereocenters. The fourth-order valence-electron chi connectivity index (χ4n) is 3.07. The van der Waals surface area contributed by atoms with Crippen LogP contribution < -0.4 is 14.2 Å². The Balaban J connectivity index is 1.47. The van der Waals surface area contributed by atoms with Crippen LogP contribution in [0.25, 0.3) is 6.08 Å². The Morgan fingerprint density at radius 3 is 2.45 bits per heavy atom. The summed E-state index contributed by atoms with van der Waals surface area (Å²) in [6.45, 7) is 7.82. The number of para-hydroxylation sites is 1. The number of benzene rings is 2. The molecule has 0 N–H and O–H groups in total. The Labute approximate surface area is 204 Å².